The summed E-state index contributed by atoms with van der Waals surface area (Å²) in [7, 11) is 0. The van der Waals surface area contributed by atoms with E-state index in [2.05, 4.69) is 20.9 Å². The summed E-state index contributed by atoms with van der Waals surface area (Å²) in [5.74, 6) is -0.228. The lowest BCUT2D eigenvalue weighted by molar-refractivity contribution is -0.115. The van der Waals surface area contributed by atoms with Gasteiger partial charge in [0.2, 0.25) is 0 Å². The number of hydrogen-bond acceptors (Lipinski definition) is 7. The number of nitrogens with two attached hydrogens (primary N) is 2. The summed E-state index contributed by atoms with van der Waals surface area (Å²) in [4.78, 5) is 16.7. The second kappa shape index (κ2) is 8.04. The largest absolute Gasteiger partial charge is 0.398 e. The van der Waals surface area contributed by atoms with Crippen molar-refractivity contribution in [2.45, 2.75) is 70.2 Å². The summed E-state index contributed by atoms with van der Waals surface area (Å²) in [5.41, 5.74) is 12.9. The zero-order chi connectivity index (χ0) is 21.2. The molecular weight excluding hydrogens is 368 g/mol. The Balaban J connectivity index is 1.78. The minimum absolute atomic E-state index is 0.217. The molecule has 1 heterocycles. The van der Waals surface area contributed by atoms with Crippen LogP contribution in [0.4, 0.5) is 11.4 Å². The molecule has 1 aromatic carbocycles. The topological polar surface area (TPSA) is 138 Å². The molecule has 0 bridgehead atoms. The molecule has 2 aliphatic rings. The number of primary amides is 1. The van der Waals surface area contributed by atoms with Gasteiger partial charge in [0.15, 0.2) is 5.82 Å². The second-order valence-corrected chi connectivity index (χ2v) is 8.41. The minimum Gasteiger partial charge on any atom is -0.398 e. The highest BCUT2D eigenvalue weighted by Crippen LogP contribution is 2.29. The Labute approximate surface area is 171 Å². The first-order chi connectivity index (χ1) is 13.6. The first kappa shape index (κ1) is 21.1. The van der Waals surface area contributed by atoms with Gasteiger partial charge in [-0.3, -0.25) is 10.1 Å². The monoisotopic (exact) mass is 400 g/mol. The van der Waals surface area contributed by atoms with Gasteiger partial charge in [0, 0.05) is 23.6 Å². The number of carbonyl (C=O) groups excluding carboxylic acids is 1. The van der Waals surface area contributed by atoms with Crippen molar-refractivity contribution in [3.05, 3.63) is 35.3 Å². The molecule has 1 aromatic rings. The predicted molar refractivity (Wildman–Crippen MR) is 116 cm³/mol. The third-order valence-corrected chi connectivity index (χ3v) is 5.87. The van der Waals surface area contributed by atoms with Crippen molar-refractivity contribution >= 4 is 23.5 Å². The fraction of sp³-hybridized carbons (Fsp3) is 0.524. The average molecular weight is 401 g/mol. The summed E-state index contributed by atoms with van der Waals surface area (Å²) in [5, 5.41) is 20.2. The van der Waals surface area contributed by atoms with Crippen molar-refractivity contribution in [3.63, 3.8) is 0 Å². The normalized spacial score (nSPS) is 29.4. The molecule has 1 amide bonds. The number of nitrogen functional groups attached to an aromatic ring is 1. The van der Waals surface area contributed by atoms with Crippen LogP contribution in [0.15, 0.2) is 34.7 Å². The van der Waals surface area contributed by atoms with Crippen LogP contribution in [0.2, 0.25) is 0 Å². The van der Waals surface area contributed by atoms with Crippen LogP contribution in [0.3, 0.4) is 0 Å². The smallest absolute Gasteiger partial charge is 0.268 e. The fourth-order valence-electron chi connectivity index (χ4n) is 3.79. The summed E-state index contributed by atoms with van der Waals surface area (Å²) < 4.78 is 0. The molecule has 1 fully saturated rings. The average Bonchev–Trinajstić information content (AvgIpc) is 2.67. The van der Waals surface area contributed by atoms with Crippen molar-refractivity contribution in [2.75, 3.05) is 11.1 Å². The minimum atomic E-state index is -0.671. The molecule has 8 N–H and O–H groups in total. The van der Waals surface area contributed by atoms with Crippen molar-refractivity contribution < 1.29 is 9.90 Å². The van der Waals surface area contributed by atoms with E-state index in [4.69, 9.17) is 11.5 Å². The molecule has 0 spiro atoms. The standard InChI is InChI=1S/C21H32N6O2/c1-4-21(26-14-7-9-20(3,29)10-8-14)12-24-19(17(27-21)18(23)28)25-15-6-5-13(2)16(22)11-15/h5-6,11-12,14,25-27,29H,4,7-10,22H2,1-3H3,(H2,23,28). The van der Waals surface area contributed by atoms with E-state index in [-0.39, 0.29) is 11.7 Å². The third-order valence-electron chi connectivity index (χ3n) is 5.87. The number of amides is 1. The number of anilines is 2. The van der Waals surface area contributed by atoms with Gasteiger partial charge in [0.25, 0.3) is 5.91 Å². The van der Waals surface area contributed by atoms with Crippen molar-refractivity contribution in [1.29, 1.82) is 0 Å². The number of hydrogen-bond donors (Lipinski definition) is 6. The fourth-order valence-corrected chi connectivity index (χ4v) is 3.79. The lowest BCUT2D eigenvalue weighted by Gasteiger charge is -2.42. The van der Waals surface area contributed by atoms with Crippen LogP contribution >= 0.6 is 0 Å². The van der Waals surface area contributed by atoms with E-state index in [0.29, 0.717) is 17.9 Å². The number of aliphatic hydroxyl groups is 1. The number of carbonyl (C=O) groups is 1. The molecule has 3 rings (SSSR count). The molecule has 1 unspecified atom stereocenters. The van der Waals surface area contributed by atoms with Gasteiger partial charge in [-0.15, -0.1) is 0 Å². The van der Waals surface area contributed by atoms with E-state index in [1.807, 2.05) is 32.9 Å². The number of nitrogens with zero attached hydrogens (tertiary/aromatic N) is 1. The number of aliphatic imine (C=N–C) groups is 1. The Morgan fingerprint density at radius 1 is 1.38 bits per heavy atom. The van der Waals surface area contributed by atoms with Crippen LogP contribution in [0.25, 0.3) is 0 Å². The summed E-state index contributed by atoms with van der Waals surface area (Å²) in [6, 6.07) is 5.79. The van der Waals surface area contributed by atoms with Gasteiger partial charge in [0.1, 0.15) is 11.4 Å². The highest BCUT2D eigenvalue weighted by atomic mass is 16.3. The van der Waals surface area contributed by atoms with Crippen molar-refractivity contribution in [1.82, 2.24) is 10.6 Å². The Morgan fingerprint density at radius 3 is 2.66 bits per heavy atom. The zero-order valence-electron chi connectivity index (χ0n) is 17.4. The maximum atomic E-state index is 12.2. The third kappa shape index (κ3) is 4.89. The molecule has 8 nitrogen and oxygen atoms in total. The van der Waals surface area contributed by atoms with Gasteiger partial charge in [-0.2, -0.15) is 0 Å². The van der Waals surface area contributed by atoms with Gasteiger partial charge < -0.3 is 27.2 Å². The van der Waals surface area contributed by atoms with Crippen LogP contribution in [-0.2, 0) is 4.79 Å². The number of aryl methyl sites for hydroxylation is 1. The number of rotatable bonds is 6. The first-order valence-corrected chi connectivity index (χ1v) is 10.1. The van der Waals surface area contributed by atoms with Crippen LogP contribution in [0.5, 0.6) is 0 Å². The second-order valence-electron chi connectivity index (χ2n) is 8.41. The molecule has 1 aliphatic heterocycles. The van der Waals surface area contributed by atoms with E-state index in [0.717, 1.165) is 36.9 Å². The summed E-state index contributed by atoms with van der Waals surface area (Å²) in [6.45, 7) is 5.82. The predicted octanol–water partition coefficient (Wildman–Crippen LogP) is 1.71. The number of nitrogens with one attached hydrogen (secondary N) is 3. The number of benzene rings is 1. The highest BCUT2D eigenvalue weighted by Gasteiger charge is 2.37. The van der Waals surface area contributed by atoms with Gasteiger partial charge in [-0.25, -0.2) is 4.99 Å². The molecular formula is C21H32N6O2. The van der Waals surface area contributed by atoms with Crippen LogP contribution in [0, 0.1) is 6.92 Å². The Bertz CT molecular complexity index is 838. The van der Waals surface area contributed by atoms with Gasteiger partial charge >= 0.3 is 0 Å². The van der Waals surface area contributed by atoms with Crippen LogP contribution < -0.4 is 27.4 Å². The van der Waals surface area contributed by atoms with Crippen LogP contribution in [-0.4, -0.2) is 34.5 Å². The molecule has 8 heteroatoms. The zero-order valence-corrected chi connectivity index (χ0v) is 17.4. The van der Waals surface area contributed by atoms with Gasteiger partial charge in [-0.05, 0) is 63.6 Å². The molecule has 1 saturated carbocycles. The van der Waals surface area contributed by atoms with Crippen molar-refractivity contribution in [2.24, 2.45) is 10.7 Å². The Hall–Kier alpha value is -2.58. The van der Waals surface area contributed by atoms with Gasteiger partial charge in [0.05, 0.1) is 5.60 Å². The Morgan fingerprint density at radius 2 is 2.07 bits per heavy atom. The molecule has 0 radical (unpaired) electrons. The first-order valence-electron chi connectivity index (χ1n) is 10.1. The van der Waals surface area contributed by atoms with E-state index >= 15 is 0 Å². The summed E-state index contributed by atoms with van der Waals surface area (Å²) >= 11 is 0. The molecule has 0 saturated heterocycles. The quantitative estimate of drug-likeness (QED) is 0.402. The van der Waals surface area contributed by atoms with Crippen molar-refractivity contribution in [3.8, 4) is 0 Å². The van der Waals surface area contributed by atoms with E-state index in [1.54, 1.807) is 12.3 Å². The van der Waals surface area contributed by atoms with Gasteiger partial charge in [-0.1, -0.05) is 13.0 Å². The highest BCUT2D eigenvalue weighted by molar-refractivity contribution is 5.95. The SMILES string of the molecule is CCC1(NC2CCC(C)(O)CC2)C=NC(Nc2ccc(C)c(N)c2)=C(C(N)=O)N1. The maximum Gasteiger partial charge on any atom is 0.268 e. The van der Waals surface area contributed by atoms with E-state index in [1.165, 1.54) is 0 Å². The Kier molecular flexibility index (Phi) is 5.86. The molecule has 0 aromatic heterocycles. The lowest BCUT2D eigenvalue weighted by atomic mass is 9.83. The lowest BCUT2D eigenvalue weighted by Crippen LogP contribution is -2.63. The van der Waals surface area contributed by atoms with E-state index in [9.17, 15) is 9.90 Å². The molecule has 1 aliphatic carbocycles. The maximum absolute atomic E-state index is 12.2. The van der Waals surface area contributed by atoms with Crippen LogP contribution in [0.1, 0.15) is 51.5 Å². The molecule has 29 heavy (non-hydrogen) atoms. The van der Waals surface area contributed by atoms with E-state index < -0.39 is 17.2 Å². The molecule has 158 valence electrons. The molecule has 1 atom stereocenters. The summed E-state index contributed by atoms with van der Waals surface area (Å²) in [6.07, 6.45) is 5.64.